The summed E-state index contributed by atoms with van der Waals surface area (Å²) in [5, 5.41) is 2.77. The smallest absolute Gasteiger partial charge is 0.444 e. The van der Waals surface area contributed by atoms with Gasteiger partial charge in [0.2, 0.25) is 0 Å². The summed E-state index contributed by atoms with van der Waals surface area (Å²) in [6, 6.07) is 25.7. The zero-order valence-corrected chi connectivity index (χ0v) is 19.7. The van der Waals surface area contributed by atoms with Crippen molar-refractivity contribution in [3.63, 3.8) is 0 Å². The number of ether oxygens (including phenoxy) is 1. The first-order valence-corrected chi connectivity index (χ1v) is 12.0. The summed E-state index contributed by atoms with van der Waals surface area (Å²) < 4.78 is 36.0. The van der Waals surface area contributed by atoms with Crippen LogP contribution in [0.5, 0.6) is 11.5 Å². The van der Waals surface area contributed by atoms with Crippen LogP contribution in [-0.2, 0) is 13.8 Å². The third-order valence-corrected chi connectivity index (χ3v) is 5.55. The fraction of sp³-hybridized carbons (Fsp3) is 0.240. The van der Waals surface area contributed by atoms with Crippen LogP contribution in [0, 0.1) is 0 Å². The highest BCUT2D eigenvalue weighted by Crippen LogP contribution is 2.50. The van der Waals surface area contributed by atoms with Gasteiger partial charge >= 0.3 is 13.9 Å². The largest absolute Gasteiger partial charge is 0.587 e. The molecule has 1 atom stereocenters. The van der Waals surface area contributed by atoms with Crippen molar-refractivity contribution in [2.45, 2.75) is 32.4 Å². The molecule has 0 unspecified atom stereocenters. The molecule has 0 heterocycles. The predicted octanol–water partition coefficient (Wildman–Crippen LogP) is 6.54. The monoisotopic (exact) mass is 469 g/mol. The Morgan fingerprint density at radius 2 is 1.27 bits per heavy atom. The van der Waals surface area contributed by atoms with Crippen LogP contribution in [0.3, 0.4) is 0 Å². The molecule has 3 aromatic carbocycles. The van der Waals surface area contributed by atoms with Crippen molar-refractivity contribution in [1.82, 2.24) is 5.32 Å². The molecule has 174 valence electrons. The van der Waals surface area contributed by atoms with E-state index in [2.05, 4.69) is 5.32 Å². The van der Waals surface area contributed by atoms with E-state index in [1.54, 1.807) is 69.3 Å². The van der Waals surface area contributed by atoms with E-state index in [0.717, 1.165) is 5.56 Å². The minimum absolute atomic E-state index is 0.180. The molecular weight excluding hydrogens is 441 g/mol. The standard InChI is InChI=1S/C25H28NO6P/c1-25(2,3)30-24(27)26-23(20-13-7-4-8-14-20)19-29-33(28,31-21-15-9-5-10-16-21)32-22-17-11-6-12-18-22/h4-18,23H,19H2,1-3H3,(H,26,27)/t23-/m0/s1. The molecule has 1 N–H and O–H groups in total. The molecule has 3 aromatic rings. The second-order valence-corrected chi connectivity index (χ2v) is 9.68. The summed E-state index contributed by atoms with van der Waals surface area (Å²) in [5.41, 5.74) is 0.0724. The summed E-state index contributed by atoms with van der Waals surface area (Å²) in [6.45, 7) is 5.14. The summed E-state index contributed by atoms with van der Waals surface area (Å²) in [4.78, 5) is 12.4. The molecule has 0 aliphatic carbocycles. The van der Waals surface area contributed by atoms with E-state index < -0.39 is 25.6 Å². The first-order valence-electron chi connectivity index (χ1n) is 10.5. The van der Waals surface area contributed by atoms with Crippen LogP contribution in [0.1, 0.15) is 32.4 Å². The Kier molecular flexibility index (Phi) is 8.15. The number of benzene rings is 3. The van der Waals surface area contributed by atoms with Crippen molar-refractivity contribution in [3.8, 4) is 11.5 Å². The van der Waals surface area contributed by atoms with Gasteiger partial charge in [-0.2, -0.15) is 0 Å². The topological polar surface area (TPSA) is 83.1 Å². The van der Waals surface area contributed by atoms with Crippen LogP contribution < -0.4 is 14.4 Å². The summed E-state index contributed by atoms with van der Waals surface area (Å²) in [6.07, 6.45) is -0.622. The number of carbonyl (C=O) groups excluding carboxylic acids is 1. The van der Waals surface area contributed by atoms with Crippen molar-refractivity contribution in [3.05, 3.63) is 96.6 Å². The number of phosphoric ester groups is 1. The Morgan fingerprint density at radius 1 is 0.818 bits per heavy atom. The van der Waals surface area contributed by atoms with Gasteiger partial charge in [-0.3, -0.25) is 4.52 Å². The van der Waals surface area contributed by atoms with Gasteiger partial charge in [0.25, 0.3) is 0 Å². The maximum Gasteiger partial charge on any atom is 0.587 e. The lowest BCUT2D eigenvalue weighted by molar-refractivity contribution is 0.0480. The van der Waals surface area contributed by atoms with Crippen LogP contribution in [0.15, 0.2) is 91.0 Å². The second kappa shape index (κ2) is 11.0. The molecule has 3 rings (SSSR count). The van der Waals surface area contributed by atoms with Crippen LogP contribution in [0.2, 0.25) is 0 Å². The molecule has 0 bridgehead atoms. The second-order valence-electron chi connectivity index (χ2n) is 8.16. The number of rotatable bonds is 9. The van der Waals surface area contributed by atoms with Gasteiger partial charge in [-0.25, -0.2) is 9.36 Å². The average Bonchev–Trinajstić information content (AvgIpc) is 2.77. The Morgan fingerprint density at radius 3 is 1.73 bits per heavy atom. The van der Waals surface area contributed by atoms with E-state index in [0.29, 0.717) is 11.5 Å². The third-order valence-electron chi connectivity index (χ3n) is 4.21. The molecule has 33 heavy (non-hydrogen) atoms. The Balaban J connectivity index is 1.81. The van der Waals surface area contributed by atoms with E-state index in [9.17, 15) is 9.36 Å². The Bertz CT molecular complexity index is 1010. The van der Waals surface area contributed by atoms with Crippen molar-refractivity contribution in [1.29, 1.82) is 0 Å². The van der Waals surface area contributed by atoms with Crippen molar-refractivity contribution >= 4 is 13.9 Å². The maximum absolute atomic E-state index is 13.6. The first-order chi connectivity index (χ1) is 15.7. The molecule has 0 aromatic heterocycles. The fourth-order valence-corrected chi connectivity index (χ4v) is 4.05. The van der Waals surface area contributed by atoms with Gasteiger partial charge in [0.05, 0.1) is 12.6 Å². The Labute approximate surface area is 194 Å². The number of amides is 1. The number of para-hydroxylation sites is 2. The number of carbonyl (C=O) groups is 1. The van der Waals surface area contributed by atoms with E-state index in [1.807, 2.05) is 42.5 Å². The van der Waals surface area contributed by atoms with Crippen LogP contribution in [-0.4, -0.2) is 18.3 Å². The lowest BCUT2D eigenvalue weighted by atomic mass is 10.1. The van der Waals surface area contributed by atoms with Crippen molar-refractivity contribution < 1.29 is 27.7 Å². The van der Waals surface area contributed by atoms with Crippen LogP contribution in [0.25, 0.3) is 0 Å². The molecular formula is C25H28NO6P. The highest BCUT2D eigenvalue weighted by molar-refractivity contribution is 7.49. The zero-order chi connectivity index (χ0) is 23.7. The molecule has 0 fully saturated rings. The minimum atomic E-state index is -4.11. The number of alkyl carbamates (subject to hydrolysis) is 1. The highest BCUT2D eigenvalue weighted by Gasteiger charge is 2.33. The lowest BCUT2D eigenvalue weighted by Gasteiger charge is -2.25. The molecule has 0 aliphatic heterocycles. The van der Waals surface area contributed by atoms with Gasteiger partial charge in [0.1, 0.15) is 17.1 Å². The Hall–Kier alpha value is -3.28. The number of hydrogen-bond acceptors (Lipinski definition) is 6. The summed E-state index contributed by atoms with van der Waals surface area (Å²) in [5.74, 6) is 0.654. The molecule has 0 saturated carbocycles. The molecule has 8 heteroatoms. The third kappa shape index (κ3) is 8.29. The van der Waals surface area contributed by atoms with E-state index in [4.69, 9.17) is 18.3 Å². The van der Waals surface area contributed by atoms with Crippen molar-refractivity contribution in [2.24, 2.45) is 0 Å². The molecule has 0 radical (unpaired) electrons. The number of nitrogens with one attached hydrogen (secondary N) is 1. The van der Waals surface area contributed by atoms with Gasteiger partial charge in [-0.1, -0.05) is 66.7 Å². The SMILES string of the molecule is CC(C)(C)OC(=O)N[C@@H](COP(=O)(Oc1ccccc1)Oc1ccccc1)c1ccccc1. The molecule has 7 nitrogen and oxygen atoms in total. The first kappa shape index (κ1) is 24.4. The van der Waals surface area contributed by atoms with Gasteiger partial charge in [-0.05, 0) is 50.6 Å². The van der Waals surface area contributed by atoms with E-state index in [1.165, 1.54) is 0 Å². The quantitative estimate of drug-likeness (QED) is 0.359. The maximum atomic E-state index is 13.6. The van der Waals surface area contributed by atoms with Crippen LogP contribution in [0.4, 0.5) is 4.79 Å². The lowest BCUT2D eigenvalue weighted by Crippen LogP contribution is -2.36. The zero-order valence-electron chi connectivity index (χ0n) is 18.8. The van der Waals surface area contributed by atoms with Gasteiger partial charge in [-0.15, -0.1) is 0 Å². The van der Waals surface area contributed by atoms with Gasteiger partial charge in [0, 0.05) is 0 Å². The van der Waals surface area contributed by atoms with Gasteiger partial charge in [0.15, 0.2) is 0 Å². The van der Waals surface area contributed by atoms with Crippen molar-refractivity contribution in [2.75, 3.05) is 6.61 Å². The fourth-order valence-electron chi connectivity index (χ4n) is 2.81. The number of phosphoric acid groups is 1. The number of hydrogen-bond donors (Lipinski definition) is 1. The highest BCUT2D eigenvalue weighted by atomic mass is 31.2. The van der Waals surface area contributed by atoms with E-state index in [-0.39, 0.29) is 6.61 Å². The summed E-state index contributed by atoms with van der Waals surface area (Å²) in [7, 11) is -4.11. The predicted molar refractivity (Wildman–Crippen MR) is 126 cm³/mol. The van der Waals surface area contributed by atoms with Gasteiger partial charge < -0.3 is 19.1 Å². The average molecular weight is 469 g/mol. The molecule has 0 saturated heterocycles. The molecule has 0 spiro atoms. The summed E-state index contributed by atoms with van der Waals surface area (Å²) >= 11 is 0. The normalized spacial score (nSPS) is 12.5. The van der Waals surface area contributed by atoms with Crippen LogP contribution >= 0.6 is 7.82 Å². The minimum Gasteiger partial charge on any atom is -0.444 e. The molecule has 0 aliphatic rings. The van der Waals surface area contributed by atoms with E-state index >= 15 is 0 Å². The molecule has 1 amide bonds.